The highest BCUT2D eigenvalue weighted by molar-refractivity contribution is 5.89. The maximum Gasteiger partial charge on any atom is 0.413 e. The molecule has 0 spiro atoms. The Morgan fingerprint density at radius 1 is 0.938 bits per heavy atom. The van der Waals surface area contributed by atoms with Gasteiger partial charge in [-0.25, -0.2) is 9.42 Å². The number of carbonyl (C=O) groups excluding carboxylic acids is 2. The van der Waals surface area contributed by atoms with E-state index in [-0.39, 0.29) is 11.8 Å². The number of anilines is 1. The van der Waals surface area contributed by atoms with Gasteiger partial charge in [0.05, 0.1) is 12.5 Å². The molecule has 2 aromatic carbocycles. The van der Waals surface area contributed by atoms with E-state index in [9.17, 15) is 9.59 Å². The lowest BCUT2D eigenvalue weighted by Gasteiger charge is -2.19. The van der Waals surface area contributed by atoms with Gasteiger partial charge in [0.15, 0.2) is 5.69 Å². The molecule has 0 bridgehead atoms. The highest BCUT2D eigenvalue weighted by Gasteiger charge is 2.52. The molecule has 1 fully saturated rings. The second-order valence-electron chi connectivity index (χ2n) is 8.82. The fourth-order valence-corrected chi connectivity index (χ4v) is 3.59. The highest BCUT2D eigenvalue weighted by Crippen LogP contribution is 2.49. The SMILES string of the molecule is COC(=O)C1(c2ccc(-c3ccc(-c4nonc4NC(=O)OC(C)(C)C)cc3)cc2)CC1. The van der Waals surface area contributed by atoms with Crippen LogP contribution in [0.1, 0.15) is 39.2 Å². The highest BCUT2D eigenvalue weighted by atomic mass is 16.6. The van der Waals surface area contributed by atoms with Gasteiger partial charge in [0.2, 0.25) is 5.82 Å². The summed E-state index contributed by atoms with van der Waals surface area (Å²) in [5.41, 5.74) is 3.04. The van der Waals surface area contributed by atoms with Gasteiger partial charge in [-0.05, 0) is 60.6 Å². The largest absolute Gasteiger partial charge is 0.468 e. The number of ether oxygens (including phenoxy) is 2. The Morgan fingerprint density at radius 3 is 2.03 bits per heavy atom. The average Bonchev–Trinajstić information content (AvgIpc) is 3.45. The van der Waals surface area contributed by atoms with Crippen LogP contribution >= 0.6 is 0 Å². The lowest BCUT2D eigenvalue weighted by atomic mass is 9.93. The summed E-state index contributed by atoms with van der Waals surface area (Å²) >= 11 is 0. The van der Waals surface area contributed by atoms with Crippen LogP contribution in [0, 0.1) is 0 Å². The lowest BCUT2D eigenvalue weighted by Crippen LogP contribution is -2.27. The van der Waals surface area contributed by atoms with Gasteiger partial charge in [-0.15, -0.1) is 0 Å². The molecule has 0 aliphatic heterocycles. The Morgan fingerprint density at radius 2 is 1.50 bits per heavy atom. The third kappa shape index (κ3) is 4.34. The van der Waals surface area contributed by atoms with Crippen LogP contribution in [0.5, 0.6) is 0 Å². The summed E-state index contributed by atoms with van der Waals surface area (Å²) < 4.78 is 15.0. The summed E-state index contributed by atoms with van der Waals surface area (Å²) in [6, 6.07) is 15.6. The van der Waals surface area contributed by atoms with Crippen LogP contribution in [0.25, 0.3) is 22.4 Å². The lowest BCUT2D eigenvalue weighted by molar-refractivity contribution is -0.143. The van der Waals surface area contributed by atoms with E-state index in [2.05, 4.69) is 15.6 Å². The Bertz CT molecular complexity index is 1120. The topological polar surface area (TPSA) is 104 Å². The summed E-state index contributed by atoms with van der Waals surface area (Å²) in [6.07, 6.45) is 1.00. The van der Waals surface area contributed by atoms with E-state index in [4.69, 9.17) is 14.1 Å². The molecule has 4 rings (SSSR count). The van der Waals surface area contributed by atoms with Gasteiger partial charge in [0.1, 0.15) is 5.60 Å². The molecule has 8 heteroatoms. The quantitative estimate of drug-likeness (QED) is 0.565. The van der Waals surface area contributed by atoms with Crippen LogP contribution in [-0.2, 0) is 19.7 Å². The average molecular weight is 435 g/mol. The molecule has 3 aromatic rings. The summed E-state index contributed by atoms with van der Waals surface area (Å²) in [4.78, 5) is 24.1. The van der Waals surface area contributed by atoms with Crippen LogP contribution < -0.4 is 5.32 Å². The first-order valence-electron chi connectivity index (χ1n) is 10.3. The smallest absolute Gasteiger partial charge is 0.413 e. The van der Waals surface area contributed by atoms with Crippen LogP contribution in [0.4, 0.5) is 10.6 Å². The molecule has 166 valence electrons. The maximum atomic E-state index is 12.1. The van der Waals surface area contributed by atoms with Crippen molar-refractivity contribution < 1.29 is 23.7 Å². The van der Waals surface area contributed by atoms with E-state index in [1.807, 2.05) is 48.5 Å². The molecular weight excluding hydrogens is 410 g/mol. The van der Waals surface area contributed by atoms with Crippen molar-refractivity contribution in [2.75, 3.05) is 12.4 Å². The van der Waals surface area contributed by atoms with Gasteiger partial charge in [-0.2, -0.15) is 0 Å². The number of hydrogen-bond acceptors (Lipinski definition) is 7. The number of esters is 1. The molecule has 1 N–H and O–H groups in total. The normalized spacial score (nSPS) is 14.5. The third-order valence-corrected chi connectivity index (χ3v) is 5.36. The standard InChI is InChI=1S/C24H25N3O5/c1-23(2,3)31-22(29)25-20-19(26-32-27-20)17-7-5-15(6-8-17)16-9-11-18(12-10-16)24(13-14-24)21(28)30-4/h5-12H,13-14H2,1-4H3,(H,25,27,29). The number of nitrogens with zero attached hydrogens (tertiary/aromatic N) is 2. The zero-order valence-corrected chi connectivity index (χ0v) is 18.5. The fourth-order valence-electron chi connectivity index (χ4n) is 3.59. The minimum atomic E-state index is -0.633. The zero-order valence-electron chi connectivity index (χ0n) is 18.5. The molecule has 1 aliphatic rings. The van der Waals surface area contributed by atoms with Crippen LogP contribution in [0.2, 0.25) is 0 Å². The summed E-state index contributed by atoms with van der Waals surface area (Å²) in [7, 11) is 1.43. The number of benzene rings is 2. The Balaban J connectivity index is 1.50. The Hall–Kier alpha value is -3.68. The van der Waals surface area contributed by atoms with Crippen molar-refractivity contribution in [3.8, 4) is 22.4 Å². The second kappa shape index (κ2) is 8.11. The van der Waals surface area contributed by atoms with Crippen molar-refractivity contribution in [2.45, 2.75) is 44.6 Å². The molecule has 1 saturated carbocycles. The molecule has 1 aromatic heterocycles. The first kappa shape index (κ1) is 21.5. The number of rotatable bonds is 5. The van der Waals surface area contributed by atoms with Gasteiger partial charge >= 0.3 is 12.1 Å². The number of carbonyl (C=O) groups is 2. The van der Waals surface area contributed by atoms with Crippen molar-refractivity contribution in [1.82, 2.24) is 10.3 Å². The van der Waals surface area contributed by atoms with E-state index in [1.165, 1.54) is 7.11 Å². The van der Waals surface area contributed by atoms with Crippen molar-refractivity contribution in [2.24, 2.45) is 0 Å². The number of nitrogens with one attached hydrogen (secondary N) is 1. The number of methoxy groups -OCH3 is 1. The molecule has 1 amide bonds. The number of amides is 1. The van der Waals surface area contributed by atoms with E-state index < -0.39 is 17.1 Å². The second-order valence-corrected chi connectivity index (χ2v) is 8.82. The fraction of sp³-hybridized carbons (Fsp3) is 0.333. The van der Waals surface area contributed by atoms with Crippen molar-refractivity contribution in [1.29, 1.82) is 0 Å². The predicted molar refractivity (Wildman–Crippen MR) is 118 cm³/mol. The molecule has 0 unspecified atom stereocenters. The van der Waals surface area contributed by atoms with Gasteiger partial charge in [-0.1, -0.05) is 48.5 Å². The van der Waals surface area contributed by atoms with Gasteiger partial charge in [-0.3, -0.25) is 10.1 Å². The van der Waals surface area contributed by atoms with E-state index in [0.717, 1.165) is 35.1 Å². The third-order valence-electron chi connectivity index (χ3n) is 5.36. The molecule has 32 heavy (non-hydrogen) atoms. The molecule has 1 aliphatic carbocycles. The minimum absolute atomic E-state index is 0.174. The van der Waals surface area contributed by atoms with Crippen molar-refractivity contribution >= 4 is 17.9 Å². The van der Waals surface area contributed by atoms with E-state index in [0.29, 0.717) is 5.69 Å². The van der Waals surface area contributed by atoms with E-state index in [1.54, 1.807) is 20.8 Å². The predicted octanol–water partition coefficient (Wildman–Crippen LogP) is 4.96. The minimum Gasteiger partial charge on any atom is -0.468 e. The Labute approximate surface area is 185 Å². The monoisotopic (exact) mass is 435 g/mol. The summed E-state index contributed by atoms with van der Waals surface area (Å²) in [5, 5.41) is 10.2. The molecular formula is C24H25N3O5. The number of aromatic nitrogens is 2. The summed E-state index contributed by atoms with van der Waals surface area (Å²) in [5.74, 6) is 0.0144. The van der Waals surface area contributed by atoms with E-state index >= 15 is 0 Å². The molecule has 0 radical (unpaired) electrons. The first-order valence-corrected chi connectivity index (χ1v) is 10.3. The van der Waals surface area contributed by atoms with Crippen molar-refractivity contribution in [3.05, 3.63) is 54.1 Å². The first-order chi connectivity index (χ1) is 15.2. The van der Waals surface area contributed by atoms with Gasteiger partial charge in [0, 0.05) is 5.56 Å². The number of hydrogen-bond donors (Lipinski definition) is 1. The maximum absolute atomic E-state index is 12.1. The molecule has 0 saturated heterocycles. The molecule has 8 nitrogen and oxygen atoms in total. The van der Waals surface area contributed by atoms with Crippen LogP contribution in [0.15, 0.2) is 53.2 Å². The van der Waals surface area contributed by atoms with Gasteiger partial charge in [0.25, 0.3) is 0 Å². The Kier molecular flexibility index (Phi) is 5.46. The zero-order chi connectivity index (χ0) is 22.9. The van der Waals surface area contributed by atoms with Crippen LogP contribution in [0.3, 0.4) is 0 Å². The molecule has 1 heterocycles. The summed E-state index contributed by atoms with van der Waals surface area (Å²) in [6.45, 7) is 5.33. The van der Waals surface area contributed by atoms with Gasteiger partial charge < -0.3 is 9.47 Å². The van der Waals surface area contributed by atoms with Crippen LogP contribution in [-0.4, -0.2) is 35.1 Å². The van der Waals surface area contributed by atoms with Crippen molar-refractivity contribution in [3.63, 3.8) is 0 Å². The molecule has 0 atom stereocenters.